The van der Waals surface area contributed by atoms with Crippen LogP contribution in [0, 0.1) is 6.07 Å². The van der Waals surface area contributed by atoms with Crippen LogP contribution < -0.4 is 10.3 Å². The molecule has 0 bridgehead atoms. The second-order valence-corrected chi connectivity index (χ2v) is 8.45. The summed E-state index contributed by atoms with van der Waals surface area (Å²) in [4.78, 5) is 16.9. The van der Waals surface area contributed by atoms with Crippen LogP contribution in [0.25, 0.3) is 0 Å². The van der Waals surface area contributed by atoms with Crippen LogP contribution in [0.3, 0.4) is 0 Å². The molecule has 31 heavy (non-hydrogen) atoms. The number of likely N-dealkylation sites (N-methyl/N-ethyl adjacent to an activating group) is 2. The van der Waals surface area contributed by atoms with Gasteiger partial charge in [-0.3, -0.25) is 10.2 Å². The number of hydrazone groups is 1. The summed E-state index contributed by atoms with van der Waals surface area (Å²) in [6, 6.07) is 14.8. The fraction of sp³-hybridized carbons (Fsp3) is 0.417. The number of rotatable bonds is 7. The topological polar surface area (TPSA) is 68.2 Å². The maximum absolute atomic E-state index is 12.5. The average Bonchev–Trinajstić information content (AvgIpc) is 2.72. The van der Waals surface area contributed by atoms with E-state index in [0.717, 1.165) is 41.2 Å². The molecule has 2 N–H and O–H groups in total. The molecule has 1 atom stereocenters. The van der Waals surface area contributed by atoms with Gasteiger partial charge < -0.3 is 14.9 Å². The Kier molecular flexibility index (Phi) is 8.69. The van der Waals surface area contributed by atoms with Crippen LogP contribution in [0.1, 0.15) is 48.8 Å². The van der Waals surface area contributed by atoms with Gasteiger partial charge >= 0.3 is 0 Å². The van der Waals surface area contributed by atoms with Crippen LogP contribution in [0.2, 0.25) is 0 Å². The molecular formula is C24H31MnN4O2-. The number of nitrogens with one attached hydrogen (secondary N) is 1. The van der Waals surface area contributed by atoms with E-state index in [0.29, 0.717) is 6.42 Å². The molecule has 6 nitrogen and oxygen atoms in total. The summed E-state index contributed by atoms with van der Waals surface area (Å²) < 4.78 is 0. The Bertz CT molecular complexity index is 926. The van der Waals surface area contributed by atoms with Crippen molar-refractivity contribution in [3.63, 3.8) is 0 Å². The van der Waals surface area contributed by atoms with Gasteiger partial charge in [0, 0.05) is 48.6 Å². The molecule has 0 saturated carbocycles. The summed E-state index contributed by atoms with van der Waals surface area (Å²) in [5, 5.41) is 14.3. The van der Waals surface area contributed by atoms with Crippen molar-refractivity contribution in [2.75, 3.05) is 39.1 Å². The quantitative estimate of drug-likeness (QED) is 0.490. The van der Waals surface area contributed by atoms with Gasteiger partial charge in [0.15, 0.2) is 0 Å². The van der Waals surface area contributed by atoms with E-state index in [-0.39, 0.29) is 40.6 Å². The van der Waals surface area contributed by atoms with Crippen LogP contribution >= 0.6 is 0 Å². The molecule has 1 aliphatic heterocycles. The van der Waals surface area contributed by atoms with Crippen molar-refractivity contribution in [2.45, 2.75) is 32.1 Å². The molecule has 0 aliphatic carbocycles. The van der Waals surface area contributed by atoms with Crippen LogP contribution in [0.4, 0.5) is 5.69 Å². The molecule has 1 amide bonds. The first-order valence-corrected chi connectivity index (χ1v) is 10.3. The summed E-state index contributed by atoms with van der Waals surface area (Å²) >= 11 is 0. The van der Waals surface area contributed by atoms with Crippen molar-refractivity contribution in [1.29, 1.82) is 0 Å². The van der Waals surface area contributed by atoms with Crippen molar-refractivity contribution in [3.05, 3.63) is 59.2 Å². The molecule has 7 heteroatoms. The number of anilines is 1. The maximum Gasteiger partial charge on any atom is 0.246 e. The fourth-order valence-electron chi connectivity index (χ4n) is 3.54. The predicted molar refractivity (Wildman–Crippen MR) is 121 cm³/mol. The van der Waals surface area contributed by atoms with Gasteiger partial charge in [0.2, 0.25) is 5.91 Å². The van der Waals surface area contributed by atoms with Crippen molar-refractivity contribution < 1.29 is 27.0 Å². The van der Waals surface area contributed by atoms with Crippen molar-refractivity contribution >= 4 is 17.3 Å². The van der Waals surface area contributed by atoms with E-state index >= 15 is 0 Å². The summed E-state index contributed by atoms with van der Waals surface area (Å²) in [6.45, 7) is 5.97. The number of aromatic hydroxyl groups is 1. The minimum absolute atomic E-state index is 0. The molecule has 1 radical (unpaired) electrons. The van der Waals surface area contributed by atoms with Gasteiger partial charge in [-0.05, 0) is 49.8 Å². The van der Waals surface area contributed by atoms with Crippen LogP contribution in [-0.4, -0.2) is 55.9 Å². The molecule has 3 rings (SSSR count). The Morgan fingerprint density at radius 2 is 1.87 bits per heavy atom. The molecule has 0 spiro atoms. The fourth-order valence-corrected chi connectivity index (χ4v) is 3.54. The van der Waals surface area contributed by atoms with Gasteiger partial charge in [0.05, 0.1) is 5.92 Å². The predicted octanol–water partition coefficient (Wildman–Crippen LogP) is 3.32. The molecule has 1 heterocycles. The van der Waals surface area contributed by atoms with Crippen molar-refractivity contribution in [2.24, 2.45) is 5.10 Å². The van der Waals surface area contributed by atoms with Gasteiger partial charge in [-0.15, -0.1) is 23.8 Å². The summed E-state index contributed by atoms with van der Waals surface area (Å²) in [6.07, 6.45) is 0.500. The molecule has 0 aromatic heterocycles. The van der Waals surface area contributed by atoms with Crippen molar-refractivity contribution in [3.8, 4) is 5.75 Å². The first-order valence-electron chi connectivity index (χ1n) is 10.3. The first-order chi connectivity index (χ1) is 14.3. The number of phenolic OH excluding ortho intramolecular Hbond substituents is 1. The Labute approximate surface area is 195 Å². The van der Waals surface area contributed by atoms with Crippen LogP contribution in [0.15, 0.2) is 41.5 Å². The van der Waals surface area contributed by atoms with Gasteiger partial charge in [-0.2, -0.15) is 0 Å². The van der Waals surface area contributed by atoms with E-state index in [2.05, 4.69) is 59.7 Å². The Morgan fingerprint density at radius 1 is 1.19 bits per heavy atom. The minimum Gasteiger partial charge on any atom is -0.551 e. The van der Waals surface area contributed by atoms with E-state index < -0.39 is 0 Å². The Morgan fingerprint density at radius 3 is 2.48 bits per heavy atom. The maximum atomic E-state index is 12.5. The SMILES string of the molecule is CC(C)c1cc(C2=NNC(=O)C(c3ccc(N(C)CCN(C)C)cc3)C2)[c-]cc1O.[Mn]. The number of nitrogens with zero attached hydrogens (tertiary/aromatic N) is 3. The smallest absolute Gasteiger partial charge is 0.246 e. The third kappa shape index (κ3) is 6.10. The first kappa shape index (κ1) is 24.9. The van der Waals surface area contributed by atoms with E-state index in [4.69, 9.17) is 0 Å². The standard InChI is InChI=1S/C24H31N4O2.Mn/c1-16(2)20-14-18(8-11-23(20)29)22-15-21(24(30)26-25-22)17-6-9-19(10-7-17)28(5)13-12-27(3)4;/h6-7,9-11,14,16,21,29H,12-13,15H2,1-5H3,(H,26,30);/q-1;. The van der Waals surface area contributed by atoms with E-state index in [1.807, 2.05) is 32.0 Å². The second-order valence-electron chi connectivity index (χ2n) is 8.45. The normalized spacial score (nSPS) is 16.0. The van der Waals surface area contributed by atoms with E-state index in [1.165, 1.54) is 0 Å². The number of hydrogen-bond donors (Lipinski definition) is 2. The van der Waals surface area contributed by atoms with Gasteiger partial charge in [0.1, 0.15) is 0 Å². The summed E-state index contributed by atoms with van der Waals surface area (Å²) in [5.74, 6) is 0.0170. The van der Waals surface area contributed by atoms with E-state index in [1.54, 1.807) is 6.07 Å². The third-order valence-electron chi connectivity index (χ3n) is 5.53. The monoisotopic (exact) mass is 462 g/mol. The van der Waals surface area contributed by atoms with Gasteiger partial charge in [-0.1, -0.05) is 31.5 Å². The largest absolute Gasteiger partial charge is 0.551 e. The molecule has 0 fully saturated rings. The third-order valence-corrected chi connectivity index (χ3v) is 5.53. The van der Waals surface area contributed by atoms with Crippen LogP contribution in [-0.2, 0) is 21.9 Å². The number of carbonyl (C=O) groups excluding carboxylic acids is 1. The second kappa shape index (κ2) is 10.8. The zero-order chi connectivity index (χ0) is 21.8. The van der Waals surface area contributed by atoms with Crippen LogP contribution in [0.5, 0.6) is 5.75 Å². The molecule has 0 saturated heterocycles. The van der Waals surface area contributed by atoms with Gasteiger partial charge in [0.25, 0.3) is 0 Å². The zero-order valence-corrected chi connectivity index (χ0v) is 20.0. The number of hydrogen-bond acceptors (Lipinski definition) is 5. The van der Waals surface area contributed by atoms with Gasteiger partial charge in [-0.25, -0.2) is 5.10 Å². The number of amides is 1. The average molecular weight is 462 g/mol. The molecule has 2 aromatic carbocycles. The number of benzene rings is 2. The number of phenols is 1. The Balaban J connectivity index is 0.00000341. The minimum atomic E-state index is -0.302. The zero-order valence-electron chi connectivity index (χ0n) is 18.8. The Hall–Kier alpha value is -2.34. The molecule has 167 valence electrons. The summed E-state index contributed by atoms with van der Waals surface area (Å²) in [7, 11) is 6.20. The molecule has 1 aliphatic rings. The molecular weight excluding hydrogens is 431 g/mol. The molecule has 1 unspecified atom stereocenters. The van der Waals surface area contributed by atoms with Crippen molar-refractivity contribution in [1.82, 2.24) is 10.3 Å². The molecule has 2 aromatic rings. The number of carbonyl (C=O) groups is 1. The summed E-state index contributed by atoms with van der Waals surface area (Å²) in [5.41, 5.74) is 7.18. The van der Waals surface area contributed by atoms with E-state index in [9.17, 15) is 9.90 Å².